The molecule has 3 heteroatoms. The van der Waals surface area contributed by atoms with Crippen LogP contribution in [0, 0.1) is 0 Å². The number of hydrogen-bond acceptors (Lipinski definition) is 3. The predicted molar refractivity (Wildman–Crippen MR) is 70.3 cm³/mol. The molecule has 0 saturated carbocycles. The molecule has 0 aliphatic carbocycles. The molecule has 0 bridgehead atoms. The minimum absolute atomic E-state index is 0.0546. The number of aliphatic hydroxyl groups is 1. The van der Waals surface area contributed by atoms with Crippen LogP contribution in [0.15, 0.2) is 24.3 Å². The molecule has 0 aliphatic heterocycles. The van der Waals surface area contributed by atoms with Crippen LogP contribution in [0.5, 0.6) is 5.75 Å². The molecule has 3 N–H and O–H groups in total. The average Bonchev–Trinajstić information content (AvgIpc) is 2.36. The first-order chi connectivity index (χ1) is 7.99. The van der Waals surface area contributed by atoms with Gasteiger partial charge in [0.15, 0.2) is 0 Å². The number of ether oxygens (including phenoxy) is 1. The molecule has 0 saturated heterocycles. The van der Waals surface area contributed by atoms with E-state index in [1.165, 1.54) is 5.56 Å². The summed E-state index contributed by atoms with van der Waals surface area (Å²) in [6.45, 7) is 6.92. The highest BCUT2D eigenvalue weighted by molar-refractivity contribution is 5.31. The van der Waals surface area contributed by atoms with Gasteiger partial charge in [0.2, 0.25) is 0 Å². The zero-order chi connectivity index (χ0) is 12.9. The molecule has 0 aliphatic rings. The van der Waals surface area contributed by atoms with Crippen LogP contribution >= 0.6 is 0 Å². The first-order valence-electron chi connectivity index (χ1n) is 6.09. The van der Waals surface area contributed by atoms with Crippen LogP contribution in [-0.4, -0.2) is 24.4 Å². The molecule has 1 aromatic rings. The summed E-state index contributed by atoms with van der Waals surface area (Å²) in [5, 5.41) is 8.79. The van der Waals surface area contributed by atoms with Crippen LogP contribution in [0.2, 0.25) is 0 Å². The summed E-state index contributed by atoms with van der Waals surface area (Å²) in [6, 6.07) is 7.77. The lowest BCUT2D eigenvalue weighted by Gasteiger charge is -2.23. The quantitative estimate of drug-likeness (QED) is 0.796. The van der Waals surface area contributed by atoms with Crippen LogP contribution in [0.3, 0.4) is 0 Å². The Labute approximate surface area is 104 Å². The van der Waals surface area contributed by atoms with Crippen molar-refractivity contribution in [2.45, 2.75) is 38.6 Å². The molecule has 17 heavy (non-hydrogen) atoms. The summed E-state index contributed by atoms with van der Waals surface area (Å²) in [4.78, 5) is 0. The zero-order valence-electron chi connectivity index (χ0n) is 10.9. The van der Waals surface area contributed by atoms with Gasteiger partial charge in [-0.25, -0.2) is 0 Å². The van der Waals surface area contributed by atoms with Crippen molar-refractivity contribution in [1.82, 2.24) is 0 Å². The Morgan fingerprint density at radius 1 is 1.29 bits per heavy atom. The van der Waals surface area contributed by atoms with Gasteiger partial charge in [0.25, 0.3) is 0 Å². The summed E-state index contributed by atoms with van der Waals surface area (Å²) < 4.78 is 5.47. The molecule has 1 atom stereocenters. The van der Waals surface area contributed by atoms with E-state index in [0.717, 1.165) is 12.2 Å². The Morgan fingerprint density at radius 3 is 2.35 bits per heavy atom. The van der Waals surface area contributed by atoms with Gasteiger partial charge in [0.05, 0.1) is 12.6 Å². The van der Waals surface area contributed by atoms with Gasteiger partial charge in [-0.1, -0.05) is 32.9 Å². The summed E-state index contributed by atoms with van der Waals surface area (Å²) >= 11 is 0. The molecule has 96 valence electrons. The Morgan fingerprint density at radius 2 is 1.88 bits per heavy atom. The van der Waals surface area contributed by atoms with Gasteiger partial charge in [0.1, 0.15) is 12.4 Å². The van der Waals surface area contributed by atoms with Gasteiger partial charge in [0, 0.05) is 0 Å². The highest BCUT2D eigenvalue weighted by atomic mass is 16.5. The van der Waals surface area contributed by atoms with E-state index in [4.69, 9.17) is 15.6 Å². The van der Waals surface area contributed by atoms with E-state index >= 15 is 0 Å². The van der Waals surface area contributed by atoms with Gasteiger partial charge >= 0.3 is 0 Å². The standard InChI is InChI=1S/C14H23NO2/c1-4-14(2,3)11-5-7-13(8-6-11)17-10-12(15)9-16/h5-8,12,16H,4,9-10,15H2,1-3H3. The fourth-order valence-electron chi connectivity index (χ4n) is 1.46. The van der Waals surface area contributed by atoms with Crippen molar-refractivity contribution >= 4 is 0 Å². The largest absolute Gasteiger partial charge is 0.492 e. The first-order valence-corrected chi connectivity index (χ1v) is 6.09. The maximum atomic E-state index is 8.79. The Bertz CT molecular complexity index is 333. The van der Waals surface area contributed by atoms with Gasteiger partial charge in [-0.05, 0) is 29.5 Å². The van der Waals surface area contributed by atoms with E-state index in [1.54, 1.807) is 0 Å². The van der Waals surface area contributed by atoms with Crippen LogP contribution < -0.4 is 10.5 Å². The number of aliphatic hydroxyl groups excluding tert-OH is 1. The summed E-state index contributed by atoms with van der Waals surface area (Å²) in [5.41, 5.74) is 7.07. The molecule has 0 aromatic heterocycles. The van der Waals surface area contributed by atoms with E-state index in [1.807, 2.05) is 12.1 Å². The SMILES string of the molecule is CCC(C)(C)c1ccc(OCC(N)CO)cc1. The van der Waals surface area contributed by atoms with Crippen molar-refractivity contribution in [3.8, 4) is 5.75 Å². The van der Waals surface area contributed by atoms with Gasteiger partial charge in [-0.2, -0.15) is 0 Å². The topological polar surface area (TPSA) is 55.5 Å². The average molecular weight is 237 g/mol. The second kappa shape index (κ2) is 6.03. The van der Waals surface area contributed by atoms with Crippen LogP contribution in [0.4, 0.5) is 0 Å². The van der Waals surface area contributed by atoms with Crippen molar-refractivity contribution in [2.24, 2.45) is 5.73 Å². The molecular formula is C14H23NO2. The minimum atomic E-state index is -0.318. The number of rotatable bonds is 6. The molecule has 3 nitrogen and oxygen atoms in total. The minimum Gasteiger partial charge on any atom is -0.492 e. The number of hydrogen-bond donors (Lipinski definition) is 2. The normalized spacial score (nSPS) is 13.5. The number of benzene rings is 1. The molecule has 0 spiro atoms. The van der Waals surface area contributed by atoms with Gasteiger partial charge < -0.3 is 15.6 Å². The van der Waals surface area contributed by atoms with Crippen molar-refractivity contribution in [3.05, 3.63) is 29.8 Å². The van der Waals surface area contributed by atoms with Crippen LogP contribution in [0.25, 0.3) is 0 Å². The van der Waals surface area contributed by atoms with Crippen molar-refractivity contribution in [3.63, 3.8) is 0 Å². The lowest BCUT2D eigenvalue weighted by molar-refractivity contribution is 0.206. The highest BCUT2D eigenvalue weighted by Crippen LogP contribution is 2.27. The molecule has 0 fully saturated rings. The molecule has 0 amide bonds. The monoisotopic (exact) mass is 237 g/mol. The predicted octanol–water partition coefficient (Wildman–Crippen LogP) is 2.07. The van der Waals surface area contributed by atoms with Gasteiger partial charge in [-0.15, -0.1) is 0 Å². The second-order valence-electron chi connectivity index (χ2n) is 5.02. The maximum absolute atomic E-state index is 8.79. The maximum Gasteiger partial charge on any atom is 0.119 e. The third kappa shape index (κ3) is 4.02. The van der Waals surface area contributed by atoms with Crippen LogP contribution in [0.1, 0.15) is 32.8 Å². The lowest BCUT2D eigenvalue weighted by Crippen LogP contribution is -2.31. The Balaban J connectivity index is 2.62. The van der Waals surface area contributed by atoms with E-state index < -0.39 is 0 Å². The highest BCUT2D eigenvalue weighted by Gasteiger charge is 2.17. The van der Waals surface area contributed by atoms with Crippen molar-refractivity contribution in [2.75, 3.05) is 13.2 Å². The summed E-state index contributed by atoms with van der Waals surface area (Å²) in [5.74, 6) is 0.796. The molecule has 1 unspecified atom stereocenters. The molecular weight excluding hydrogens is 214 g/mol. The fourth-order valence-corrected chi connectivity index (χ4v) is 1.46. The molecule has 1 rings (SSSR count). The van der Waals surface area contributed by atoms with E-state index in [2.05, 4.69) is 32.9 Å². The molecule has 0 heterocycles. The summed E-state index contributed by atoms with van der Waals surface area (Å²) in [7, 11) is 0. The third-order valence-electron chi connectivity index (χ3n) is 3.22. The fraction of sp³-hybridized carbons (Fsp3) is 0.571. The Kier molecular flexibility index (Phi) is 4.97. The smallest absolute Gasteiger partial charge is 0.119 e. The van der Waals surface area contributed by atoms with E-state index in [0.29, 0.717) is 6.61 Å². The molecule has 0 radical (unpaired) electrons. The Hall–Kier alpha value is -1.06. The second-order valence-corrected chi connectivity index (χ2v) is 5.02. The van der Waals surface area contributed by atoms with E-state index in [-0.39, 0.29) is 18.1 Å². The lowest BCUT2D eigenvalue weighted by atomic mass is 9.82. The van der Waals surface area contributed by atoms with E-state index in [9.17, 15) is 0 Å². The zero-order valence-corrected chi connectivity index (χ0v) is 10.9. The summed E-state index contributed by atoms with van der Waals surface area (Å²) in [6.07, 6.45) is 1.10. The molecule has 1 aromatic carbocycles. The van der Waals surface area contributed by atoms with Crippen molar-refractivity contribution < 1.29 is 9.84 Å². The van der Waals surface area contributed by atoms with Crippen molar-refractivity contribution in [1.29, 1.82) is 0 Å². The van der Waals surface area contributed by atoms with Crippen LogP contribution in [-0.2, 0) is 5.41 Å². The van der Waals surface area contributed by atoms with Gasteiger partial charge in [-0.3, -0.25) is 0 Å². The first kappa shape index (κ1) is 14.0. The third-order valence-corrected chi connectivity index (χ3v) is 3.22. The number of nitrogens with two attached hydrogens (primary N) is 1.